The average Bonchev–Trinajstić information content (AvgIpc) is 2.81. The molecule has 1 aromatic heterocycles. The lowest BCUT2D eigenvalue weighted by Gasteiger charge is -2.36. The van der Waals surface area contributed by atoms with Gasteiger partial charge in [-0.1, -0.05) is 0 Å². The minimum atomic E-state index is -0.354. The minimum Gasteiger partial charge on any atom is -0.467 e. The zero-order valence-corrected chi connectivity index (χ0v) is 11.0. The number of carbonyl (C=O) groups is 1. The number of hydrogen-bond acceptors (Lipinski definition) is 5. The number of carbonyl (C=O) groups excluding carboxylic acids is 1. The van der Waals surface area contributed by atoms with Crippen LogP contribution >= 0.6 is 0 Å². The van der Waals surface area contributed by atoms with Crippen molar-refractivity contribution in [1.82, 2.24) is 4.90 Å². The molecule has 1 aliphatic rings. The van der Waals surface area contributed by atoms with E-state index in [2.05, 4.69) is 11.8 Å². The second-order valence-corrected chi connectivity index (χ2v) is 4.67. The number of ether oxygens (including phenoxy) is 2. The van der Waals surface area contributed by atoms with E-state index < -0.39 is 0 Å². The van der Waals surface area contributed by atoms with Gasteiger partial charge in [-0.2, -0.15) is 0 Å². The van der Waals surface area contributed by atoms with Crippen LogP contribution in [0.3, 0.4) is 0 Å². The van der Waals surface area contributed by atoms with Crippen LogP contribution < -0.4 is 0 Å². The smallest absolute Gasteiger partial charge is 0.341 e. The van der Waals surface area contributed by atoms with E-state index in [-0.39, 0.29) is 12.1 Å². The van der Waals surface area contributed by atoms with Crippen LogP contribution in [0, 0.1) is 0 Å². The van der Waals surface area contributed by atoms with E-state index >= 15 is 0 Å². The molecule has 2 rings (SSSR count). The molecule has 100 valence electrons. The zero-order chi connectivity index (χ0) is 13.1. The fourth-order valence-electron chi connectivity index (χ4n) is 2.13. The Balaban J connectivity index is 2.09. The van der Waals surface area contributed by atoms with Crippen LogP contribution in [0.4, 0.5) is 0 Å². The molecule has 1 fully saturated rings. The van der Waals surface area contributed by atoms with E-state index in [4.69, 9.17) is 13.9 Å². The molecule has 2 heterocycles. The van der Waals surface area contributed by atoms with Gasteiger partial charge in [0, 0.05) is 12.6 Å². The van der Waals surface area contributed by atoms with E-state index in [1.54, 1.807) is 6.07 Å². The summed E-state index contributed by atoms with van der Waals surface area (Å²) < 4.78 is 15.7. The van der Waals surface area contributed by atoms with E-state index in [0.717, 1.165) is 6.54 Å². The summed E-state index contributed by atoms with van der Waals surface area (Å²) in [6, 6.07) is 1.96. The molecule has 0 spiro atoms. The standard InChI is InChI=1S/C13H19NO4/c1-9-8-18-10(2)6-14(9)7-12-11(4-5-17-12)13(15)16-3/h4-5,9-10H,6-8H2,1-3H3. The second kappa shape index (κ2) is 5.54. The molecule has 1 aliphatic heterocycles. The maximum Gasteiger partial charge on any atom is 0.341 e. The Bertz CT molecular complexity index is 415. The van der Waals surface area contributed by atoms with Crippen molar-refractivity contribution in [2.45, 2.75) is 32.5 Å². The first-order chi connectivity index (χ1) is 8.61. The van der Waals surface area contributed by atoms with Crippen molar-refractivity contribution in [2.24, 2.45) is 0 Å². The Morgan fingerprint density at radius 2 is 2.33 bits per heavy atom. The number of rotatable bonds is 3. The first-order valence-electron chi connectivity index (χ1n) is 6.12. The van der Waals surface area contributed by atoms with Gasteiger partial charge in [0.05, 0.1) is 32.6 Å². The van der Waals surface area contributed by atoms with Gasteiger partial charge in [0.2, 0.25) is 0 Å². The van der Waals surface area contributed by atoms with Crippen LogP contribution in [0.5, 0.6) is 0 Å². The topological polar surface area (TPSA) is 51.9 Å². The highest BCUT2D eigenvalue weighted by atomic mass is 16.5. The average molecular weight is 253 g/mol. The van der Waals surface area contributed by atoms with Gasteiger partial charge in [-0.3, -0.25) is 4.90 Å². The third-order valence-corrected chi connectivity index (χ3v) is 3.23. The molecule has 0 aliphatic carbocycles. The summed E-state index contributed by atoms with van der Waals surface area (Å²) in [4.78, 5) is 13.8. The first-order valence-corrected chi connectivity index (χ1v) is 6.12. The monoisotopic (exact) mass is 253 g/mol. The van der Waals surface area contributed by atoms with Crippen LogP contribution in [0.15, 0.2) is 16.7 Å². The highest BCUT2D eigenvalue weighted by Gasteiger charge is 2.26. The summed E-state index contributed by atoms with van der Waals surface area (Å²) in [7, 11) is 1.37. The highest BCUT2D eigenvalue weighted by Crippen LogP contribution is 2.19. The first kappa shape index (κ1) is 13.1. The Morgan fingerprint density at radius 3 is 3.06 bits per heavy atom. The van der Waals surface area contributed by atoms with Gasteiger partial charge in [-0.25, -0.2) is 4.79 Å². The van der Waals surface area contributed by atoms with Crippen LogP contribution in [0.1, 0.15) is 30.0 Å². The number of furan rings is 1. The molecule has 1 saturated heterocycles. The molecule has 2 unspecified atom stereocenters. The number of nitrogens with zero attached hydrogens (tertiary/aromatic N) is 1. The SMILES string of the molecule is COC(=O)c1ccoc1CN1CC(C)OCC1C. The second-order valence-electron chi connectivity index (χ2n) is 4.67. The minimum absolute atomic E-state index is 0.206. The quantitative estimate of drug-likeness (QED) is 0.767. The van der Waals surface area contributed by atoms with Crippen molar-refractivity contribution in [2.75, 3.05) is 20.3 Å². The van der Waals surface area contributed by atoms with Gasteiger partial charge in [-0.05, 0) is 19.9 Å². The van der Waals surface area contributed by atoms with Gasteiger partial charge < -0.3 is 13.9 Å². The molecule has 0 aromatic carbocycles. The fraction of sp³-hybridized carbons (Fsp3) is 0.615. The van der Waals surface area contributed by atoms with Crippen molar-refractivity contribution >= 4 is 5.97 Å². The lowest BCUT2D eigenvalue weighted by atomic mass is 10.1. The third kappa shape index (κ3) is 2.73. The van der Waals surface area contributed by atoms with Crippen molar-refractivity contribution in [3.63, 3.8) is 0 Å². The van der Waals surface area contributed by atoms with Gasteiger partial charge in [0.25, 0.3) is 0 Å². The molecular weight excluding hydrogens is 234 g/mol. The van der Waals surface area contributed by atoms with Crippen molar-refractivity contribution in [3.05, 3.63) is 23.7 Å². The predicted octanol–water partition coefficient (Wildman–Crippen LogP) is 1.68. The Kier molecular flexibility index (Phi) is 4.04. The van der Waals surface area contributed by atoms with Gasteiger partial charge >= 0.3 is 5.97 Å². The predicted molar refractivity (Wildman–Crippen MR) is 65.3 cm³/mol. The summed E-state index contributed by atoms with van der Waals surface area (Å²) >= 11 is 0. The molecule has 1 aromatic rings. The summed E-state index contributed by atoms with van der Waals surface area (Å²) in [5, 5.41) is 0. The normalized spacial score (nSPS) is 25.1. The number of methoxy groups -OCH3 is 1. The Morgan fingerprint density at radius 1 is 1.56 bits per heavy atom. The van der Waals surface area contributed by atoms with Gasteiger partial charge in [-0.15, -0.1) is 0 Å². The summed E-state index contributed by atoms with van der Waals surface area (Å²) in [5.41, 5.74) is 0.504. The number of hydrogen-bond donors (Lipinski definition) is 0. The van der Waals surface area contributed by atoms with E-state index in [9.17, 15) is 4.79 Å². The number of esters is 1. The summed E-state index contributed by atoms with van der Waals surface area (Å²) in [6.45, 7) is 6.29. The maximum absolute atomic E-state index is 11.6. The van der Waals surface area contributed by atoms with Crippen molar-refractivity contribution in [1.29, 1.82) is 0 Å². The van der Waals surface area contributed by atoms with Crippen LogP contribution in [0.2, 0.25) is 0 Å². The van der Waals surface area contributed by atoms with E-state index in [1.807, 2.05) is 6.92 Å². The molecule has 0 saturated carbocycles. The lowest BCUT2D eigenvalue weighted by molar-refractivity contribution is -0.0546. The fourth-order valence-corrected chi connectivity index (χ4v) is 2.13. The molecule has 2 atom stereocenters. The summed E-state index contributed by atoms with van der Waals surface area (Å²) in [5.74, 6) is 0.301. The highest BCUT2D eigenvalue weighted by molar-refractivity contribution is 5.90. The Hall–Kier alpha value is -1.33. The Labute approximate surface area is 107 Å². The van der Waals surface area contributed by atoms with Crippen LogP contribution in [-0.2, 0) is 16.0 Å². The molecular formula is C13H19NO4. The van der Waals surface area contributed by atoms with Crippen LogP contribution in [0.25, 0.3) is 0 Å². The maximum atomic E-state index is 11.6. The largest absolute Gasteiger partial charge is 0.467 e. The van der Waals surface area contributed by atoms with E-state index in [0.29, 0.717) is 30.5 Å². The van der Waals surface area contributed by atoms with Crippen molar-refractivity contribution in [3.8, 4) is 0 Å². The summed E-state index contributed by atoms with van der Waals surface area (Å²) in [6.07, 6.45) is 1.73. The van der Waals surface area contributed by atoms with E-state index in [1.165, 1.54) is 13.4 Å². The number of morpholine rings is 1. The van der Waals surface area contributed by atoms with Gasteiger partial charge in [0.15, 0.2) is 0 Å². The van der Waals surface area contributed by atoms with Crippen LogP contribution in [-0.4, -0.2) is 43.3 Å². The lowest BCUT2D eigenvalue weighted by Crippen LogP contribution is -2.46. The van der Waals surface area contributed by atoms with Crippen molar-refractivity contribution < 1.29 is 18.7 Å². The van der Waals surface area contributed by atoms with Gasteiger partial charge in [0.1, 0.15) is 11.3 Å². The third-order valence-electron chi connectivity index (χ3n) is 3.23. The molecule has 0 amide bonds. The molecule has 0 bridgehead atoms. The molecule has 5 heteroatoms. The molecule has 18 heavy (non-hydrogen) atoms. The zero-order valence-electron chi connectivity index (χ0n) is 11.0. The molecule has 0 N–H and O–H groups in total. The molecule has 5 nitrogen and oxygen atoms in total. The molecule has 0 radical (unpaired) electrons.